The summed E-state index contributed by atoms with van der Waals surface area (Å²) in [6.07, 6.45) is 1.77. The van der Waals surface area contributed by atoms with Crippen molar-refractivity contribution >= 4 is 27.5 Å². The van der Waals surface area contributed by atoms with Gasteiger partial charge in [-0.1, -0.05) is 13.0 Å². The van der Waals surface area contributed by atoms with E-state index < -0.39 is 33.4 Å². The second kappa shape index (κ2) is 11.4. The highest BCUT2D eigenvalue weighted by Crippen LogP contribution is 2.20. The molecule has 3 rings (SSSR count). The number of rotatable bonds is 10. The molecule has 0 aliphatic heterocycles. The second-order valence-electron chi connectivity index (χ2n) is 9.04. The molecule has 1 atom stereocenters. The number of amides is 1. The fraction of sp³-hybridized carbons (Fsp3) is 0.360. The summed E-state index contributed by atoms with van der Waals surface area (Å²) in [4.78, 5) is 29.4. The standard InChI is InChI=1S/C25H30N4O7S/c1-6-37(32,33)22-11-10-19(15-26-22)34-16-20(24(31)36-25(2,3)4)35-18-9-7-8-17(14-18)23(30)27-21-12-13-29(5)28-21/h7-15,20H,6,16H2,1-5H3,(H,27,28,30). The molecule has 12 heteroatoms. The second-order valence-corrected chi connectivity index (χ2v) is 11.3. The van der Waals surface area contributed by atoms with Crippen LogP contribution in [0.15, 0.2) is 59.9 Å². The van der Waals surface area contributed by atoms with Gasteiger partial charge in [-0.05, 0) is 51.1 Å². The van der Waals surface area contributed by atoms with Gasteiger partial charge in [0.05, 0.1) is 11.9 Å². The van der Waals surface area contributed by atoms with Crippen molar-refractivity contribution in [3.05, 3.63) is 60.4 Å². The van der Waals surface area contributed by atoms with Crippen LogP contribution in [0.25, 0.3) is 0 Å². The fourth-order valence-corrected chi connectivity index (χ4v) is 3.80. The summed E-state index contributed by atoms with van der Waals surface area (Å²) in [5, 5.41) is 6.74. The summed E-state index contributed by atoms with van der Waals surface area (Å²) in [5.74, 6) is -0.263. The van der Waals surface area contributed by atoms with E-state index in [-0.39, 0.29) is 28.9 Å². The molecule has 0 saturated heterocycles. The molecule has 0 fully saturated rings. The first-order valence-corrected chi connectivity index (χ1v) is 13.1. The highest BCUT2D eigenvalue weighted by molar-refractivity contribution is 7.91. The maximum absolute atomic E-state index is 12.9. The molecule has 1 unspecified atom stereocenters. The van der Waals surface area contributed by atoms with Gasteiger partial charge in [0.1, 0.15) is 23.7 Å². The van der Waals surface area contributed by atoms with Crippen molar-refractivity contribution < 1.29 is 32.2 Å². The van der Waals surface area contributed by atoms with Crippen molar-refractivity contribution in [2.75, 3.05) is 17.7 Å². The normalized spacial score (nSPS) is 12.5. The number of hydrogen-bond acceptors (Lipinski definition) is 9. The number of ether oxygens (including phenoxy) is 3. The van der Waals surface area contributed by atoms with Crippen LogP contribution in [0.3, 0.4) is 0 Å². The monoisotopic (exact) mass is 530 g/mol. The number of pyridine rings is 1. The molecule has 2 heterocycles. The summed E-state index contributed by atoms with van der Waals surface area (Å²) < 4.78 is 42.5. The molecule has 37 heavy (non-hydrogen) atoms. The van der Waals surface area contributed by atoms with Crippen molar-refractivity contribution in [3.63, 3.8) is 0 Å². The number of nitrogens with one attached hydrogen (secondary N) is 1. The number of esters is 1. The SMILES string of the molecule is CCS(=O)(=O)c1ccc(OCC(Oc2cccc(C(=O)Nc3ccn(C)n3)c2)C(=O)OC(C)(C)C)cn1. The van der Waals surface area contributed by atoms with E-state index in [0.29, 0.717) is 11.4 Å². The molecule has 0 aliphatic rings. The van der Waals surface area contributed by atoms with Crippen molar-refractivity contribution in [1.82, 2.24) is 14.8 Å². The van der Waals surface area contributed by atoms with Crippen LogP contribution in [0.2, 0.25) is 0 Å². The van der Waals surface area contributed by atoms with Crippen LogP contribution >= 0.6 is 0 Å². The lowest BCUT2D eigenvalue weighted by atomic mass is 10.2. The Morgan fingerprint density at radius 2 is 1.86 bits per heavy atom. The third-order valence-electron chi connectivity index (χ3n) is 4.81. The highest BCUT2D eigenvalue weighted by Gasteiger charge is 2.28. The van der Waals surface area contributed by atoms with E-state index in [0.717, 1.165) is 0 Å². The first kappa shape index (κ1) is 27.7. The van der Waals surface area contributed by atoms with E-state index in [9.17, 15) is 18.0 Å². The maximum atomic E-state index is 12.9. The minimum atomic E-state index is -3.45. The Morgan fingerprint density at radius 3 is 2.46 bits per heavy atom. The van der Waals surface area contributed by atoms with Crippen LogP contribution in [0.1, 0.15) is 38.1 Å². The first-order valence-electron chi connectivity index (χ1n) is 11.5. The van der Waals surface area contributed by atoms with E-state index in [2.05, 4.69) is 15.4 Å². The summed E-state index contributed by atoms with van der Waals surface area (Å²) in [5.41, 5.74) is -0.482. The Labute approximate surface area is 215 Å². The van der Waals surface area contributed by atoms with Crippen molar-refractivity contribution in [3.8, 4) is 11.5 Å². The molecular weight excluding hydrogens is 500 g/mol. The summed E-state index contributed by atoms with van der Waals surface area (Å²) in [6, 6.07) is 10.7. The molecule has 0 radical (unpaired) electrons. The quantitative estimate of drug-likeness (QED) is 0.392. The topological polar surface area (TPSA) is 139 Å². The molecule has 3 aromatic rings. The van der Waals surface area contributed by atoms with Gasteiger partial charge in [0.15, 0.2) is 20.7 Å². The highest BCUT2D eigenvalue weighted by atomic mass is 32.2. The molecule has 2 aromatic heterocycles. The van der Waals surface area contributed by atoms with E-state index in [1.165, 1.54) is 31.3 Å². The van der Waals surface area contributed by atoms with Crippen molar-refractivity contribution in [1.29, 1.82) is 0 Å². The zero-order valence-electron chi connectivity index (χ0n) is 21.3. The van der Waals surface area contributed by atoms with Gasteiger partial charge in [0.25, 0.3) is 5.91 Å². The number of carbonyl (C=O) groups is 2. The van der Waals surface area contributed by atoms with Gasteiger partial charge in [-0.2, -0.15) is 5.10 Å². The largest absolute Gasteiger partial charge is 0.487 e. The average Bonchev–Trinajstić information content (AvgIpc) is 3.25. The van der Waals surface area contributed by atoms with Gasteiger partial charge >= 0.3 is 5.97 Å². The number of sulfone groups is 1. The van der Waals surface area contributed by atoms with Crippen LogP contribution in [0, 0.1) is 0 Å². The van der Waals surface area contributed by atoms with E-state index in [1.54, 1.807) is 63.0 Å². The molecule has 198 valence electrons. The molecule has 0 spiro atoms. The third kappa shape index (κ3) is 8.04. The number of aromatic nitrogens is 3. The van der Waals surface area contributed by atoms with Gasteiger partial charge < -0.3 is 19.5 Å². The van der Waals surface area contributed by atoms with Crippen LogP contribution in [0.5, 0.6) is 11.5 Å². The lowest BCUT2D eigenvalue weighted by Gasteiger charge is -2.24. The predicted octanol–water partition coefficient (Wildman–Crippen LogP) is 3.03. The molecule has 1 aromatic carbocycles. The molecule has 1 N–H and O–H groups in total. The zero-order chi connectivity index (χ0) is 27.2. The number of aryl methyl sites for hydroxylation is 1. The van der Waals surface area contributed by atoms with Crippen LogP contribution in [-0.4, -0.2) is 59.1 Å². The Balaban J connectivity index is 1.74. The van der Waals surface area contributed by atoms with Gasteiger partial charge in [-0.25, -0.2) is 18.2 Å². The Bertz CT molecular complexity index is 1350. The van der Waals surface area contributed by atoms with E-state index in [1.807, 2.05) is 0 Å². The van der Waals surface area contributed by atoms with Gasteiger partial charge in [0.2, 0.25) is 6.10 Å². The number of nitrogens with zero attached hydrogens (tertiary/aromatic N) is 3. The minimum absolute atomic E-state index is 0.0666. The fourth-order valence-electron chi connectivity index (χ4n) is 3.02. The molecule has 0 bridgehead atoms. The lowest BCUT2D eigenvalue weighted by Crippen LogP contribution is -2.39. The lowest BCUT2D eigenvalue weighted by molar-refractivity contribution is -0.164. The smallest absolute Gasteiger partial charge is 0.351 e. The molecule has 0 saturated carbocycles. The maximum Gasteiger partial charge on any atom is 0.351 e. The number of benzene rings is 1. The van der Waals surface area contributed by atoms with E-state index in [4.69, 9.17) is 14.2 Å². The van der Waals surface area contributed by atoms with Crippen molar-refractivity contribution in [2.24, 2.45) is 7.05 Å². The summed E-state index contributed by atoms with van der Waals surface area (Å²) in [6.45, 7) is 6.45. The molecular formula is C25H30N4O7S. The van der Waals surface area contributed by atoms with Crippen molar-refractivity contribution in [2.45, 2.75) is 44.4 Å². The molecule has 1 amide bonds. The minimum Gasteiger partial charge on any atom is -0.487 e. The number of anilines is 1. The Kier molecular flexibility index (Phi) is 8.53. The van der Waals surface area contributed by atoms with Gasteiger partial charge in [-0.15, -0.1) is 0 Å². The molecule has 11 nitrogen and oxygen atoms in total. The van der Waals surface area contributed by atoms with Gasteiger partial charge in [-0.3, -0.25) is 9.48 Å². The zero-order valence-corrected chi connectivity index (χ0v) is 22.1. The van der Waals surface area contributed by atoms with Crippen LogP contribution < -0.4 is 14.8 Å². The van der Waals surface area contributed by atoms with E-state index >= 15 is 0 Å². The Hall–Kier alpha value is -3.93. The van der Waals surface area contributed by atoms with Gasteiger partial charge in [0, 0.05) is 24.9 Å². The number of hydrogen-bond donors (Lipinski definition) is 1. The van der Waals surface area contributed by atoms with Crippen LogP contribution in [0.4, 0.5) is 5.82 Å². The summed E-state index contributed by atoms with van der Waals surface area (Å²) >= 11 is 0. The predicted molar refractivity (Wildman–Crippen MR) is 135 cm³/mol. The average molecular weight is 531 g/mol. The van der Waals surface area contributed by atoms with Crippen LogP contribution in [-0.2, 0) is 26.4 Å². The number of carbonyl (C=O) groups excluding carboxylic acids is 2. The summed E-state index contributed by atoms with van der Waals surface area (Å²) in [7, 11) is -1.72. The first-order chi connectivity index (χ1) is 17.4. The Morgan fingerprint density at radius 1 is 1.11 bits per heavy atom. The third-order valence-corrected chi connectivity index (χ3v) is 6.45. The molecule has 0 aliphatic carbocycles.